The smallest absolute Gasteiger partial charge is 0.409 e. The molecule has 0 aliphatic carbocycles. The third-order valence-electron chi connectivity index (χ3n) is 3.57. The number of nitrogens with zero attached hydrogens (tertiary/aromatic N) is 2. The van der Waals surface area contributed by atoms with Crippen LogP contribution in [0.3, 0.4) is 0 Å². The number of anilines is 1. The minimum absolute atomic E-state index is 0.0757. The van der Waals surface area contributed by atoms with Crippen LogP contribution in [-0.2, 0) is 9.53 Å². The molecule has 0 spiro atoms. The number of hydrogen-bond acceptors (Lipinski definition) is 5. The molecule has 116 valence electrons. The highest BCUT2D eigenvalue weighted by Crippen LogP contribution is 2.23. The van der Waals surface area contributed by atoms with E-state index < -0.39 is 0 Å². The average Bonchev–Trinajstić information content (AvgIpc) is 2.95. The summed E-state index contributed by atoms with van der Waals surface area (Å²) in [6.45, 7) is 5.18. The molecule has 0 unspecified atom stereocenters. The molecule has 6 nitrogen and oxygen atoms in total. The van der Waals surface area contributed by atoms with Gasteiger partial charge in [0.25, 0.3) is 0 Å². The molecule has 1 atom stereocenters. The molecule has 1 aromatic rings. The van der Waals surface area contributed by atoms with E-state index in [1.54, 1.807) is 4.90 Å². The van der Waals surface area contributed by atoms with Gasteiger partial charge in [-0.25, -0.2) is 9.78 Å². The van der Waals surface area contributed by atoms with Crippen molar-refractivity contribution in [2.24, 2.45) is 5.92 Å². The summed E-state index contributed by atoms with van der Waals surface area (Å²) < 4.78 is 4.71. The Balaban J connectivity index is 1.94. The molecule has 1 saturated heterocycles. The highest BCUT2D eigenvalue weighted by atomic mass is 32.1. The van der Waals surface area contributed by atoms with Crippen molar-refractivity contribution >= 4 is 28.5 Å². The van der Waals surface area contributed by atoms with Crippen molar-refractivity contribution in [1.82, 2.24) is 9.88 Å². The molecule has 0 saturated carbocycles. The molecule has 0 aromatic carbocycles. The highest BCUT2D eigenvalue weighted by Gasteiger charge is 2.29. The summed E-state index contributed by atoms with van der Waals surface area (Å²) in [6, 6.07) is 0. The van der Waals surface area contributed by atoms with Gasteiger partial charge in [0.2, 0.25) is 5.91 Å². The number of rotatable bonds is 3. The predicted molar refractivity (Wildman–Crippen MR) is 81.5 cm³/mol. The molecule has 21 heavy (non-hydrogen) atoms. The maximum atomic E-state index is 12.3. The molecule has 7 heteroatoms. The number of nitrogens with one attached hydrogen (secondary N) is 1. The second-order valence-corrected chi connectivity index (χ2v) is 6.33. The number of hydrogen-bond donors (Lipinski definition) is 1. The van der Waals surface area contributed by atoms with Gasteiger partial charge in [-0.2, -0.15) is 0 Å². The Morgan fingerprint density at radius 1 is 1.52 bits per heavy atom. The van der Waals surface area contributed by atoms with Crippen LogP contribution in [0.15, 0.2) is 5.38 Å². The molecule has 2 amide bonds. The number of thiazole rings is 1. The first-order valence-electron chi connectivity index (χ1n) is 7.10. The van der Waals surface area contributed by atoms with E-state index in [1.807, 2.05) is 5.38 Å². The predicted octanol–water partition coefficient (Wildman–Crippen LogP) is 2.68. The maximum absolute atomic E-state index is 12.3. The molecule has 1 aliphatic rings. The fourth-order valence-electron chi connectivity index (χ4n) is 2.30. The number of aromatic nitrogens is 1. The molecule has 0 radical (unpaired) electrons. The number of amides is 2. The van der Waals surface area contributed by atoms with Crippen molar-refractivity contribution in [3.8, 4) is 0 Å². The van der Waals surface area contributed by atoms with Crippen LogP contribution in [0, 0.1) is 5.92 Å². The molecular weight excluding hydrogens is 290 g/mol. The molecule has 1 aliphatic heterocycles. The third-order valence-corrected chi connectivity index (χ3v) is 4.34. The average molecular weight is 311 g/mol. The minimum atomic E-state index is -0.371. The van der Waals surface area contributed by atoms with Gasteiger partial charge in [0, 0.05) is 18.5 Å². The summed E-state index contributed by atoms with van der Waals surface area (Å²) in [4.78, 5) is 29.8. The van der Waals surface area contributed by atoms with Crippen LogP contribution < -0.4 is 5.32 Å². The summed E-state index contributed by atoms with van der Waals surface area (Å²) in [5.41, 5.74) is 0.982. The van der Waals surface area contributed by atoms with E-state index >= 15 is 0 Å². The van der Waals surface area contributed by atoms with Gasteiger partial charge in [0.1, 0.15) is 0 Å². The summed E-state index contributed by atoms with van der Waals surface area (Å²) in [7, 11) is 1.36. The van der Waals surface area contributed by atoms with Gasteiger partial charge in [0.15, 0.2) is 5.13 Å². The van der Waals surface area contributed by atoms with E-state index in [9.17, 15) is 9.59 Å². The molecular formula is C14H21N3O3S. The van der Waals surface area contributed by atoms with Crippen LogP contribution >= 0.6 is 11.3 Å². The first kappa shape index (κ1) is 15.8. The zero-order valence-corrected chi connectivity index (χ0v) is 13.4. The van der Waals surface area contributed by atoms with Crippen molar-refractivity contribution in [2.75, 3.05) is 25.5 Å². The lowest BCUT2D eigenvalue weighted by Gasteiger charge is -2.30. The summed E-state index contributed by atoms with van der Waals surface area (Å²) in [5.74, 6) is 0.0638. The van der Waals surface area contributed by atoms with Gasteiger partial charge in [0.05, 0.1) is 18.7 Å². The van der Waals surface area contributed by atoms with E-state index in [0.29, 0.717) is 24.1 Å². The van der Waals surface area contributed by atoms with Crippen LogP contribution in [0.25, 0.3) is 0 Å². The second-order valence-electron chi connectivity index (χ2n) is 5.48. The fourth-order valence-corrected chi connectivity index (χ4v) is 3.18. The SMILES string of the molecule is COC(=O)N1CCC[C@H](C(=O)Nc2nc(C(C)C)cs2)C1. The maximum Gasteiger partial charge on any atom is 0.409 e. The fraction of sp³-hybridized carbons (Fsp3) is 0.643. The van der Waals surface area contributed by atoms with Crippen LogP contribution in [-0.4, -0.2) is 42.1 Å². The number of carbonyl (C=O) groups excluding carboxylic acids is 2. The van der Waals surface area contributed by atoms with Crippen LogP contribution in [0.4, 0.5) is 9.93 Å². The Labute approximate surface area is 128 Å². The van der Waals surface area contributed by atoms with Crippen molar-refractivity contribution in [3.63, 3.8) is 0 Å². The Bertz CT molecular complexity index is 515. The van der Waals surface area contributed by atoms with Gasteiger partial charge >= 0.3 is 6.09 Å². The molecule has 2 rings (SSSR count). The second kappa shape index (κ2) is 6.89. The lowest BCUT2D eigenvalue weighted by Crippen LogP contribution is -2.43. The zero-order valence-electron chi connectivity index (χ0n) is 12.6. The van der Waals surface area contributed by atoms with Crippen LogP contribution in [0.5, 0.6) is 0 Å². The van der Waals surface area contributed by atoms with Gasteiger partial charge in [-0.15, -0.1) is 11.3 Å². The van der Waals surface area contributed by atoms with E-state index in [0.717, 1.165) is 18.5 Å². The van der Waals surface area contributed by atoms with Crippen molar-refractivity contribution < 1.29 is 14.3 Å². The van der Waals surface area contributed by atoms with E-state index in [1.165, 1.54) is 18.4 Å². The molecule has 1 aromatic heterocycles. The van der Waals surface area contributed by atoms with E-state index in [2.05, 4.69) is 24.1 Å². The van der Waals surface area contributed by atoms with Gasteiger partial charge in [-0.3, -0.25) is 4.79 Å². The lowest BCUT2D eigenvalue weighted by atomic mass is 9.97. The monoisotopic (exact) mass is 311 g/mol. The number of ether oxygens (including phenoxy) is 1. The Morgan fingerprint density at radius 2 is 2.29 bits per heavy atom. The number of likely N-dealkylation sites (tertiary alicyclic amines) is 1. The van der Waals surface area contributed by atoms with Gasteiger partial charge in [-0.05, 0) is 18.8 Å². The Morgan fingerprint density at radius 3 is 2.90 bits per heavy atom. The van der Waals surface area contributed by atoms with Crippen molar-refractivity contribution in [3.05, 3.63) is 11.1 Å². The standard InChI is InChI=1S/C14H21N3O3S/c1-9(2)11-8-21-13(15-11)16-12(18)10-5-4-6-17(7-10)14(19)20-3/h8-10H,4-7H2,1-3H3,(H,15,16,18)/t10-/m0/s1. The summed E-state index contributed by atoms with van der Waals surface area (Å²) >= 11 is 1.43. The quantitative estimate of drug-likeness (QED) is 0.931. The number of piperidine rings is 1. The highest BCUT2D eigenvalue weighted by molar-refractivity contribution is 7.13. The first-order valence-corrected chi connectivity index (χ1v) is 7.98. The number of carbonyl (C=O) groups is 2. The van der Waals surface area contributed by atoms with Crippen molar-refractivity contribution in [1.29, 1.82) is 0 Å². The van der Waals surface area contributed by atoms with Crippen LogP contribution in [0.1, 0.15) is 38.3 Å². The molecule has 0 bridgehead atoms. The summed E-state index contributed by atoms with van der Waals surface area (Å²) in [6.07, 6.45) is 1.22. The Hall–Kier alpha value is -1.63. The molecule has 1 fully saturated rings. The van der Waals surface area contributed by atoms with Gasteiger partial charge in [-0.1, -0.05) is 13.8 Å². The van der Waals surface area contributed by atoms with Crippen LogP contribution in [0.2, 0.25) is 0 Å². The van der Waals surface area contributed by atoms with E-state index in [4.69, 9.17) is 4.74 Å². The van der Waals surface area contributed by atoms with Crippen molar-refractivity contribution in [2.45, 2.75) is 32.6 Å². The topological polar surface area (TPSA) is 71.5 Å². The summed E-state index contributed by atoms with van der Waals surface area (Å²) in [5, 5.41) is 5.44. The first-order chi connectivity index (χ1) is 10.0. The normalized spacial score (nSPS) is 18.7. The van der Waals surface area contributed by atoms with Gasteiger partial charge < -0.3 is 15.0 Å². The zero-order chi connectivity index (χ0) is 15.4. The lowest BCUT2D eigenvalue weighted by molar-refractivity contribution is -0.121. The molecule has 2 heterocycles. The number of methoxy groups -OCH3 is 1. The largest absolute Gasteiger partial charge is 0.453 e. The molecule has 1 N–H and O–H groups in total. The third kappa shape index (κ3) is 3.93. The Kier molecular flexibility index (Phi) is 5.17. The minimum Gasteiger partial charge on any atom is -0.453 e. The van der Waals surface area contributed by atoms with E-state index in [-0.39, 0.29) is 17.9 Å².